The molecule has 0 saturated heterocycles. The quantitative estimate of drug-likeness (QED) is 0.389. The Kier molecular flexibility index (Phi) is 5.46. The summed E-state index contributed by atoms with van der Waals surface area (Å²) in [6, 6.07) is 10.2. The van der Waals surface area contributed by atoms with Gasteiger partial charge in [0.1, 0.15) is 17.3 Å². The van der Waals surface area contributed by atoms with E-state index in [1.807, 2.05) is 56.6 Å². The summed E-state index contributed by atoms with van der Waals surface area (Å²) in [6.45, 7) is 6.65. The first kappa shape index (κ1) is 21.9. The molecule has 0 unspecified atom stereocenters. The zero-order valence-corrected chi connectivity index (χ0v) is 20.0. The number of aromatic nitrogens is 3. The zero-order valence-electron chi connectivity index (χ0n) is 19.2. The smallest absolute Gasteiger partial charge is 0.410 e. The number of carbonyl (C=O) groups is 1. The van der Waals surface area contributed by atoms with E-state index in [1.165, 1.54) is 0 Å². The molecule has 1 aliphatic rings. The van der Waals surface area contributed by atoms with Crippen LogP contribution in [0.2, 0.25) is 0 Å². The van der Waals surface area contributed by atoms with E-state index in [4.69, 9.17) is 4.74 Å². The molecular formula is C25H24N6O2S. The van der Waals surface area contributed by atoms with Gasteiger partial charge < -0.3 is 19.9 Å². The van der Waals surface area contributed by atoms with Crippen LogP contribution in [0, 0.1) is 11.3 Å². The Labute approximate surface area is 200 Å². The summed E-state index contributed by atoms with van der Waals surface area (Å²) < 4.78 is 6.56. The number of amides is 1. The lowest BCUT2D eigenvalue weighted by Gasteiger charge is -2.29. The second-order valence-electron chi connectivity index (χ2n) is 9.17. The van der Waals surface area contributed by atoms with Gasteiger partial charge in [-0.3, -0.25) is 0 Å². The predicted octanol–water partition coefficient (Wildman–Crippen LogP) is 5.81. The van der Waals surface area contributed by atoms with E-state index in [-0.39, 0.29) is 6.09 Å². The van der Waals surface area contributed by atoms with Gasteiger partial charge in [0, 0.05) is 36.1 Å². The summed E-state index contributed by atoms with van der Waals surface area (Å²) in [5.41, 5.74) is 7.05. The Morgan fingerprint density at radius 2 is 2.15 bits per heavy atom. The minimum absolute atomic E-state index is 0.302. The predicted molar refractivity (Wildman–Crippen MR) is 134 cm³/mol. The Hall–Kier alpha value is -3.90. The van der Waals surface area contributed by atoms with Crippen LogP contribution in [0.3, 0.4) is 0 Å². The molecule has 5 rings (SSSR count). The number of hydrogen-bond donors (Lipinski definition) is 2. The number of hydrogen-bond acceptors (Lipinski definition) is 7. The fraction of sp³-hybridized carbons (Fsp3) is 0.280. The van der Waals surface area contributed by atoms with Crippen LogP contribution in [0.4, 0.5) is 16.2 Å². The first-order valence-corrected chi connectivity index (χ1v) is 11.9. The molecule has 9 heteroatoms. The number of pyridine rings is 1. The molecule has 0 aliphatic carbocycles. The van der Waals surface area contributed by atoms with E-state index in [1.54, 1.807) is 22.4 Å². The minimum atomic E-state index is -0.518. The first-order chi connectivity index (χ1) is 16.3. The zero-order chi connectivity index (χ0) is 23.9. The van der Waals surface area contributed by atoms with Gasteiger partial charge in [0.15, 0.2) is 0 Å². The van der Waals surface area contributed by atoms with Crippen LogP contribution in [0.1, 0.15) is 38.4 Å². The number of fused-ring (bicyclic) bond motifs is 2. The van der Waals surface area contributed by atoms with Gasteiger partial charge in [-0.05, 0) is 57.0 Å². The van der Waals surface area contributed by atoms with Crippen molar-refractivity contribution in [2.45, 2.75) is 32.8 Å². The lowest BCUT2D eigenvalue weighted by Crippen LogP contribution is -2.39. The molecule has 0 spiro atoms. The highest BCUT2D eigenvalue weighted by atomic mass is 32.1. The normalized spacial score (nSPS) is 14.2. The van der Waals surface area contributed by atoms with Crippen molar-refractivity contribution in [2.24, 2.45) is 0 Å². The molecule has 1 amide bonds. The highest BCUT2D eigenvalue weighted by molar-refractivity contribution is 7.16. The maximum absolute atomic E-state index is 12.4. The third-order valence-electron chi connectivity index (χ3n) is 5.59. The van der Waals surface area contributed by atoms with Gasteiger partial charge in [0.2, 0.25) is 0 Å². The van der Waals surface area contributed by atoms with Gasteiger partial charge in [0.05, 0.1) is 27.0 Å². The van der Waals surface area contributed by atoms with Crippen molar-refractivity contribution in [1.29, 1.82) is 5.26 Å². The van der Waals surface area contributed by atoms with Crippen molar-refractivity contribution >= 4 is 55.6 Å². The van der Waals surface area contributed by atoms with Crippen LogP contribution in [-0.4, -0.2) is 44.6 Å². The molecule has 4 heterocycles. The summed E-state index contributed by atoms with van der Waals surface area (Å²) in [6.07, 6.45) is 4.01. The monoisotopic (exact) mass is 472 g/mol. The largest absolute Gasteiger partial charge is 0.444 e. The highest BCUT2D eigenvalue weighted by Gasteiger charge is 2.24. The molecule has 0 saturated carbocycles. The van der Waals surface area contributed by atoms with Gasteiger partial charge >= 0.3 is 6.09 Å². The molecule has 0 bridgehead atoms. The molecule has 0 radical (unpaired) electrons. The standard InChI is InChI=1S/C25H24N6O2S/c1-25(2,3)33-24(32)31-8-6-15(7-9-31)20-11-18-22(16(12-26)13-27-23(18)30-20)29-17-4-5-19-21(10-17)34-14-28-19/h4-6,10-11,13-14H,7-9H2,1-3H3,(H2,27,29,30). The van der Waals surface area contributed by atoms with Gasteiger partial charge in [-0.25, -0.2) is 14.8 Å². The molecular weight excluding hydrogens is 448 g/mol. The van der Waals surface area contributed by atoms with E-state index >= 15 is 0 Å². The Balaban J connectivity index is 1.43. The van der Waals surface area contributed by atoms with Crippen molar-refractivity contribution in [3.63, 3.8) is 0 Å². The number of nitrogens with zero attached hydrogens (tertiary/aromatic N) is 4. The molecule has 172 valence electrons. The van der Waals surface area contributed by atoms with Gasteiger partial charge in [-0.2, -0.15) is 5.26 Å². The third kappa shape index (κ3) is 4.32. The number of benzene rings is 1. The second-order valence-corrected chi connectivity index (χ2v) is 10.1. The van der Waals surface area contributed by atoms with Crippen LogP contribution < -0.4 is 5.32 Å². The SMILES string of the molecule is CC(C)(C)OC(=O)N1CC=C(c2cc3c(Nc4ccc5ncsc5c4)c(C#N)cnc3[nH]2)CC1. The summed E-state index contributed by atoms with van der Waals surface area (Å²) in [7, 11) is 0. The van der Waals surface area contributed by atoms with Crippen LogP contribution in [-0.2, 0) is 4.74 Å². The molecule has 34 heavy (non-hydrogen) atoms. The highest BCUT2D eigenvalue weighted by Crippen LogP contribution is 2.33. The lowest BCUT2D eigenvalue weighted by atomic mass is 10.0. The van der Waals surface area contributed by atoms with E-state index < -0.39 is 5.60 Å². The maximum atomic E-state index is 12.4. The van der Waals surface area contributed by atoms with Gasteiger partial charge in [-0.15, -0.1) is 11.3 Å². The summed E-state index contributed by atoms with van der Waals surface area (Å²) in [5.74, 6) is 0. The number of nitrogens with one attached hydrogen (secondary N) is 2. The van der Waals surface area contributed by atoms with Crippen molar-refractivity contribution < 1.29 is 9.53 Å². The number of anilines is 2. The average molecular weight is 473 g/mol. The first-order valence-electron chi connectivity index (χ1n) is 11.0. The molecule has 0 atom stereocenters. The van der Waals surface area contributed by atoms with Gasteiger partial charge in [0.25, 0.3) is 0 Å². The fourth-order valence-electron chi connectivity index (χ4n) is 3.95. The molecule has 8 nitrogen and oxygen atoms in total. The van der Waals surface area contributed by atoms with E-state index in [0.717, 1.165) is 32.6 Å². The van der Waals surface area contributed by atoms with Crippen LogP contribution in [0.5, 0.6) is 0 Å². The number of rotatable bonds is 3. The molecule has 2 N–H and O–H groups in total. The number of ether oxygens (including phenoxy) is 1. The lowest BCUT2D eigenvalue weighted by molar-refractivity contribution is 0.0270. The number of nitriles is 1. The number of carbonyl (C=O) groups excluding carboxylic acids is 1. The summed E-state index contributed by atoms with van der Waals surface area (Å²) in [5, 5.41) is 14.0. The van der Waals surface area contributed by atoms with E-state index in [9.17, 15) is 10.1 Å². The Morgan fingerprint density at radius 1 is 1.29 bits per heavy atom. The topological polar surface area (TPSA) is 107 Å². The van der Waals surface area contributed by atoms with Crippen molar-refractivity contribution in [2.75, 3.05) is 18.4 Å². The van der Waals surface area contributed by atoms with Crippen molar-refractivity contribution in [3.8, 4) is 6.07 Å². The van der Waals surface area contributed by atoms with Crippen LogP contribution in [0.15, 0.2) is 42.0 Å². The molecule has 4 aromatic rings. The second kappa shape index (κ2) is 8.47. The van der Waals surface area contributed by atoms with Crippen molar-refractivity contribution in [3.05, 3.63) is 53.3 Å². The number of H-pyrrole nitrogens is 1. The minimum Gasteiger partial charge on any atom is -0.444 e. The van der Waals surface area contributed by atoms with Crippen LogP contribution in [0.25, 0.3) is 26.8 Å². The molecule has 1 aromatic carbocycles. The van der Waals surface area contributed by atoms with Crippen LogP contribution >= 0.6 is 11.3 Å². The maximum Gasteiger partial charge on any atom is 0.410 e. The summed E-state index contributed by atoms with van der Waals surface area (Å²) >= 11 is 1.57. The van der Waals surface area contributed by atoms with Crippen molar-refractivity contribution in [1.82, 2.24) is 19.9 Å². The molecule has 1 aliphatic heterocycles. The Morgan fingerprint density at radius 3 is 2.88 bits per heavy atom. The number of aromatic amines is 1. The Bertz CT molecular complexity index is 1470. The average Bonchev–Trinajstić information content (AvgIpc) is 3.45. The van der Waals surface area contributed by atoms with Gasteiger partial charge in [-0.1, -0.05) is 6.08 Å². The van der Waals surface area contributed by atoms with E-state index in [2.05, 4.69) is 26.3 Å². The fourth-order valence-corrected chi connectivity index (χ4v) is 4.67. The molecule has 0 fully saturated rings. The summed E-state index contributed by atoms with van der Waals surface area (Å²) in [4.78, 5) is 26.2. The molecule has 3 aromatic heterocycles. The third-order valence-corrected chi connectivity index (χ3v) is 6.38. The van der Waals surface area contributed by atoms with E-state index in [0.29, 0.717) is 36.4 Å². The number of thiazole rings is 1.